The summed E-state index contributed by atoms with van der Waals surface area (Å²) in [5.74, 6) is -0.389. The highest BCUT2D eigenvalue weighted by atomic mass is 32.1. The highest BCUT2D eigenvalue weighted by Crippen LogP contribution is 2.39. The molecule has 136 valence electrons. The van der Waals surface area contributed by atoms with Crippen LogP contribution in [0.2, 0.25) is 0 Å². The van der Waals surface area contributed by atoms with Crippen LogP contribution >= 0.6 is 11.3 Å². The van der Waals surface area contributed by atoms with Crippen LogP contribution in [0.5, 0.6) is 0 Å². The summed E-state index contributed by atoms with van der Waals surface area (Å²) in [4.78, 5) is 30.6. The van der Waals surface area contributed by atoms with Gasteiger partial charge in [0.25, 0.3) is 11.8 Å². The smallest absolute Gasteiger partial charge is 0.257 e. The number of hydrogen-bond donors (Lipinski definition) is 2. The Bertz CT molecular complexity index is 968. The molecule has 0 spiro atoms. The number of aromatic nitrogens is 1. The number of amides is 2. The number of pyridine rings is 1. The van der Waals surface area contributed by atoms with E-state index in [0.29, 0.717) is 22.7 Å². The molecule has 0 fully saturated rings. The van der Waals surface area contributed by atoms with Gasteiger partial charge in [0.2, 0.25) is 0 Å². The number of anilines is 1. The van der Waals surface area contributed by atoms with E-state index in [9.17, 15) is 9.59 Å². The molecule has 2 heterocycles. The van der Waals surface area contributed by atoms with Crippen LogP contribution < -0.4 is 10.6 Å². The first-order valence-electron chi connectivity index (χ1n) is 8.90. The Morgan fingerprint density at radius 2 is 1.89 bits per heavy atom. The van der Waals surface area contributed by atoms with Crippen molar-refractivity contribution < 1.29 is 9.59 Å². The lowest BCUT2D eigenvalue weighted by atomic mass is 10.1. The monoisotopic (exact) mass is 377 g/mol. The van der Waals surface area contributed by atoms with Gasteiger partial charge < -0.3 is 10.6 Å². The van der Waals surface area contributed by atoms with Crippen LogP contribution in [0.25, 0.3) is 0 Å². The van der Waals surface area contributed by atoms with Gasteiger partial charge in [0, 0.05) is 23.8 Å². The first kappa shape index (κ1) is 17.4. The summed E-state index contributed by atoms with van der Waals surface area (Å²) in [5.41, 5.74) is 3.20. The van der Waals surface area contributed by atoms with Gasteiger partial charge in [-0.1, -0.05) is 30.3 Å². The van der Waals surface area contributed by atoms with Crippen LogP contribution in [0.15, 0.2) is 54.9 Å². The minimum absolute atomic E-state index is 0.139. The summed E-state index contributed by atoms with van der Waals surface area (Å²) in [7, 11) is 0. The molecule has 27 heavy (non-hydrogen) atoms. The van der Waals surface area contributed by atoms with E-state index in [-0.39, 0.29) is 11.8 Å². The standard InChI is InChI=1S/C21H19N3O2S/c25-19(15-8-5-11-22-13-15)24-21-18(16-9-4-10-17(16)27-21)20(26)23-12-14-6-2-1-3-7-14/h1-3,5-8,11,13H,4,9-10,12H2,(H,23,26)(H,24,25). The number of benzene rings is 1. The Kier molecular flexibility index (Phi) is 4.98. The van der Waals surface area contributed by atoms with Gasteiger partial charge in [-0.05, 0) is 42.5 Å². The summed E-state index contributed by atoms with van der Waals surface area (Å²) in [6.45, 7) is 0.459. The fourth-order valence-electron chi connectivity index (χ4n) is 3.27. The van der Waals surface area contributed by atoms with Crippen molar-refractivity contribution in [1.29, 1.82) is 0 Å². The third kappa shape index (κ3) is 3.75. The molecule has 0 bridgehead atoms. The van der Waals surface area contributed by atoms with E-state index in [1.54, 1.807) is 18.3 Å². The highest BCUT2D eigenvalue weighted by Gasteiger charge is 2.27. The molecule has 5 nitrogen and oxygen atoms in total. The quantitative estimate of drug-likeness (QED) is 0.710. The van der Waals surface area contributed by atoms with Gasteiger partial charge >= 0.3 is 0 Å². The summed E-state index contributed by atoms with van der Waals surface area (Å²) >= 11 is 1.51. The van der Waals surface area contributed by atoms with E-state index < -0.39 is 0 Å². The number of hydrogen-bond acceptors (Lipinski definition) is 4. The summed E-state index contributed by atoms with van der Waals surface area (Å²) in [6.07, 6.45) is 6.03. The van der Waals surface area contributed by atoms with E-state index in [2.05, 4.69) is 15.6 Å². The first-order valence-corrected chi connectivity index (χ1v) is 9.72. The molecule has 3 aromatic rings. The van der Waals surface area contributed by atoms with Crippen molar-refractivity contribution in [2.24, 2.45) is 0 Å². The van der Waals surface area contributed by atoms with Gasteiger partial charge in [-0.25, -0.2) is 0 Å². The van der Waals surface area contributed by atoms with Crippen LogP contribution in [0.1, 0.15) is 43.1 Å². The second-order valence-electron chi connectivity index (χ2n) is 6.43. The van der Waals surface area contributed by atoms with Crippen LogP contribution in [0.3, 0.4) is 0 Å². The van der Waals surface area contributed by atoms with Crippen molar-refractivity contribution in [2.75, 3.05) is 5.32 Å². The van der Waals surface area contributed by atoms with Crippen molar-refractivity contribution in [3.8, 4) is 0 Å². The molecular formula is C21H19N3O2S. The zero-order valence-electron chi connectivity index (χ0n) is 14.7. The molecule has 2 amide bonds. The second-order valence-corrected chi connectivity index (χ2v) is 7.53. The number of carbonyl (C=O) groups excluding carboxylic acids is 2. The maximum absolute atomic E-state index is 12.9. The lowest BCUT2D eigenvalue weighted by Gasteiger charge is -2.10. The van der Waals surface area contributed by atoms with E-state index in [0.717, 1.165) is 30.4 Å². The Morgan fingerprint density at radius 3 is 2.67 bits per heavy atom. The largest absolute Gasteiger partial charge is 0.348 e. The fraction of sp³-hybridized carbons (Fsp3) is 0.190. The van der Waals surface area contributed by atoms with Crippen LogP contribution in [-0.4, -0.2) is 16.8 Å². The molecule has 0 saturated heterocycles. The summed E-state index contributed by atoms with van der Waals surface area (Å²) in [6, 6.07) is 13.2. The van der Waals surface area contributed by atoms with Gasteiger partial charge in [0.1, 0.15) is 5.00 Å². The van der Waals surface area contributed by atoms with Gasteiger partial charge in [-0.2, -0.15) is 0 Å². The molecule has 4 rings (SSSR count). The lowest BCUT2D eigenvalue weighted by molar-refractivity contribution is 0.0951. The fourth-order valence-corrected chi connectivity index (χ4v) is 4.55. The molecule has 1 aromatic carbocycles. The maximum atomic E-state index is 12.9. The number of rotatable bonds is 5. The number of nitrogens with one attached hydrogen (secondary N) is 2. The summed E-state index contributed by atoms with van der Waals surface area (Å²) < 4.78 is 0. The normalized spacial score (nSPS) is 12.4. The van der Waals surface area contributed by atoms with E-state index >= 15 is 0 Å². The Hall–Kier alpha value is -2.99. The van der Waals surface area contributed by atoms with Gasteiger partial charge in [0.05, 0.1) is 11.1 Å². The second kappa shape index (κ2) is 7.72. The minimum Gasteiger partial charge on any atom is -0.348 e. The average Bonchev–Trinajstić information content (AvgIpc) is 3.28. The molecule has 0 saturated carbocycles. The predicted octanol–water partition coefficient (Wildman–Crippen LogP) is 3.81. The number of nitrogens with zero attached hydrogens (tertiary/aromatic N) is 1. The summed E-state index contributed by atoms with van der Waals surface area (Å²) in [5, 5.41) is 6.53. The van der Waals surface area contributed by atoms with E-state index in [4.69, 9.17) is 0 Å². The molecule has 2 N–H and O–H groups in total. The molecule has 1 aliphatic rings. The van der Waals surface area contributed by atoms with Gasteiger partial charge in [-0.15, -0.1) is 11.3 Å². The van der Waals surface area contributed by atoms with Crippen LogP contribution in [0, 0.1) is 0 Å². The zero-order chi connectivity index (χ0) is 18.6. The van der Waals surface area contributed by atoms with Crippen molar-refractivity contribution >= 4 is 28.2 Å². The Labute approximate surface area is 161 Å². The topological polar surface area (TPSA) is 71.1 Å². The Balaban J connectivity index is 1.56. The van der Waals surface area contributed by atoms with E-state index in [1.807, 2.05) is 30.3 Å². The molecule has 0 aliphatic heterocycles. The predicted molar refractivity (Wildman–Crippen MR) is 106 cm³/mol. The average molecular weight is 377 g/mol. The van der Waals surface area contributed by atoms with Crippen LogP contribution in [0.4, 0.5) is 5.00 Å². The third-order valence-corrected chi connectivity index (χ3v) is 5.80. The van der Waals surface area contributed by atoms with Gasteiger partial charge in [0.15, 0.2) is 0 Å². The molecular weight excluding hydrogens is 358 g/mol. The number of aryl methyl sites for hydroxylation is 1. The van der Waals surface area contributed by atoms with Crippen LogP contribution in [-0.2, 0) is 19.4 Å². The first-order chi connectivity index (χ1) is 13.2. The lowest BCUT2D eigenvalue weighted by Crippen LogP contribution is -2.25. The van der Waals surface area contributed by atoms with Crippen molar-refractivity contribution in [1.82, 2.24) is 10.3 Å². The molecule has 0 atom stereocenters. The number of carbonyl (C=O) groups is 2. The third-order valence-electron chi connectivity index (χ3n) is 4.60. The molecule has 1 aliphatic carbocycles. The molecule has 0 unspecified atom stereocenters. The minimum atomic E-state index is -0.250. The highest BCUT2D eigenvalue weighted by molar-refractivity contribution is 7.17. The molecule has 2 aromatic heterocycles. The van der Waals surface area contributed by atoms with Gasteiger partial charge in [-0.3, -0.25) is 14.6 Å². The van der Waals surface area contributed by atoms with Crippen molar-refractivity contribution in [3.05, 3.63) is 82.0 Å². The van der Waals surface area contributed by atoms with E-state index in [1.165, 1.54) is 22.4 Å². The zero-order valence-corrected chi connectivity index (χ0v) is 15.5. The SMILES string of the molecule is O=C(Nc1sc2c(c1C(=O)NCc1ccccc1)CCC2)c1cccnc1. The number of thiophene rings is 1. The molecule has 0 radical (unpaired) electrons. The molecule has 6 heteroatoms. The maximum Gasteiger partial charge on any atom is 0.257 e. The van der Waals surface area contributed by atoms with Crippen molar-refractivity contribution in [3.63, 3.8) is 0 Å². The Morgan fingerprint density at radius 1 is 1.04 bits per heavy atom. The number of fused-ring (bicyclic) bond motifs is 1. The van der Waals surface area contributed by atoms with Crippen molar-refractivity contribution in [2.45, 2.75) is 25.8 Å².